The molecule has 0 bridgehead atoms. The van der Waals surface area contributed by atoms with Gasteiger partial charge in [0.25, 0.3) is 0 Å². The average molecular weight is 256 g/mol. The first-order valence-corrected chi connectivity index (χ1v) is 6.06. The Kier molecular flexibility index (Phi) is 2.91. The van der Waals surface area contributed by atoms with Crippen LogP contribution < -0.4 is 5.32 Å². The van der Waals surface area contributed by atoms with E-state index in [0.29, 0.717) is 12.3 Å². The summed E-state index contributed by atoms with van der Waals surface area (Å²) in [6.45, 7) is 0. The first-order valence-electron chi connectivity index (χ1n) is 6.06. The van der Waals surface area contributed by atoms with Crippen LogP contribution in [0.5, 0.6) is 0 Å². The van der Waals surface area contributed by atoms with Gasteiger partial charge in [-0.25, -0.2) is 9.37 Å². The molecule has 1 heterocycles. The highest BCUT2D eigenvalue weighted by Gasteiger charge is 2.07. The number of halogens is 1. The van der Waals surface area contributed by atoms with Gasteiger partial charge in [0.2, 0.25) is 0 Å². The van der Waals surface area contributed by atoms with Gasteiger partial charge in [0.15, 0.2) is 11.5 Å². The largest absolute Gasteiger partial charge is 0.440 e. The number of hydrogen-bond donors (Lipinski definition) is 1. The predicted octanol–water partition coefficient (Wildman–Crippen LogP) is 3.60. The Morgan fingerprint density at radius 2 is 1.95 bits per heavy atom. The van der Waals surface area contributed by atoms with Gasteiger partial charge in [-0.2, -0.15) is 0 Å². The average Bonchev–Trinajstić information content (AvgIpc) is 2.82. The molecule has 1 aromatic heterocycles. The molecule has 1 N–H and O–H groups in total. The van der Waals surface area contributed by atoms with E-state index in [1.54, 1.807) is 12.1 Å². The fraction of sp³-hybridized carbons (Fsp3) is 0.133. The van der Waals surface area contributed by atoms with Gasteiger partial charge in [0, 0.05) is 19.2 Å². The molecule has 2 aromatic carbocycles. The molecule has 0 aliphatic heterocycles. The van der Waals surface area contributed by atoms with Gasteiger partial charge in [-0.1, -0.05) is 12.1 Å². The number of benzene rings is 2. The minimum Gasteiger partial charge on any atom is -0.440 e. The van der Waals surface area contributed by atoms with Crippen LogP contribution >= 0.6 is 0 Å². The van der Waals surface area contributed by atoms with Gasteiger partial charge in [-0.05, 0) is 35.9 Å². The van der Waals surface area contributed by atoms with E-state index >= 15 is 0 Å². The smallest absolute Gasteiger partial charge is 0.199 e. The lowest BCUT2D eigenvalue weighted by Crippen LogP contribution is -1.88. The van der Waals surface area contributed by atoms with Gasteiger partial charge in [0.05, 0.1) is 0 Å². The molecule has 0 unspecified atom stereocenters. The van der Waals surface area contributed by atoms with Crippen LogP contribution in [-0.4, -0.2) is 12.0 Å². The maximum atomic E-state index is 12.8. The van der Waals surface area contributed by atoms with Crippen molar-refractivity contribution in [1.82, 2.24) is 4.98 Å². The highest BCUT2D eigenvalue weighted by Crippen LogP contribution is 2.21. The van der Waals surface area contributed by atoms with Crippen molar-refractivity contribution in [2.24, 2.45) is 0 Å². The summed E-state index contributed by atoms with van der Waals surface area (Å²) in [6, 6.07) is 12.1. The molecule has 0 spiro atoms. The topological polar surface area (TPSA) is 38.1 Å². The van der Waals surface area contributed by atoms with Crippen LogP contribution in [0.2, 0.25) is 0 Å². The van der Waals surface area contributed by atoms with Gasteiger partial charge < -0.3 is 9.73 Å². The summed E-state index contributed by atoms with van der Waals surface area (Å²) in [7, 11) is 1.86. The number of nitrogens with zero attached hydrogens (tertiary/aromatic N) is 1. The Morgan fingerprint density at radius 1 is 1.16 bits per heavy atom. The zero-order chi connectivity index (χ0) is 13.2. The van der Waals surface area contributed by atoms with Crippen molar-refractivity contribution in [3.8, 4) is 0 Å². The van der Waals surface area contributed by atoms with Crippen LogP contribution in [0.1, 0.15) is 11.5 Å². The van der Waals surface area contributed by atoms with Crippen LogP contribution in [0.25, 0.3) is 11.1 Å². The van der Waals surface area contributed by atoms with Crippen molar-refractivity contribution in [3.05, 3.63) is 59.7 Å². The number of aromatic nitrogens is 1. The monoisotopic (exact) mass is 256 g/mol. The molecule has 0 radical (unpaired) electrons. The normalized spacial score (nSPS) is 10.8. The van der Waals surface area contributed by atoms with E-state index in [2.05, 4.69) is 10.3 Å². The van der Waals surface area contributed by atoms with E-state index in [-0.39, 0.29) is 5.82 Å². The molecule has 0 fully saturated rings. The minimum atomic E-state index is -0.236. The molecule has 0 aliphatic carbocycles. The third-order valence-corrected chi connectivity index (χ3v) is 2.99. The minimum absolute atomic E-state index is 0.236. The number of hydrogen-bond acceptors (Lipinski definition) is 3. The molecule has 0 aliphatic rings. The summed E-state index contributed by atoms with van der Waals surface area (Å²) < 4.78 is 18.5. The first kappa shape index (κ1) is 11.7. The van der Waals surface area contributed by atoms with Crippen LogP contribution in [0.15, 0.2) is 46.9 Å². The summed E-state index contributed by atoms with van der Waals surface area (Å²) in [5.74, 6) is 0.398. The number of nitrogens with one attached hydrogen (secondary N) is 1. The number of fused-ring (bicyclic) bond motifs is 1. The summed E-state index contributed by atoms with van der Waals surface area (Å²) in [5.41, 5.74) is 3.55. The lowest BCUT2D eigenvalue weighted by atomic mass is 10.1. The maximum absolute atomic E-state index is 12.8. The van der Waals surface area contributed by atoms with Gasteiger partial charge in [-0.15, -0.1) is 0 Å². The molecule has 4 heteroatoms. The summed E-state index contributed by atoms with van der Waals surface area (Å²) in [5, 5.41) is 3.06. The summed E-state index contributed by atoms with van der Waals surface area (Å²) in [6.07, 6.45) is 0.559. The second kappa shape index (κ2) is 4.72. The summed E-state index contributed by atoms with van der Waals surface area (Å²) in [4.78, 5) is 4.44. The highest BCUT2D eigenvalue weighted by atomic mass is 19.1. The fourth-order valence-corrected chi connectivity index (χ4v) is 1.98. The van der Waals surface area contributed by atoms with E-state index in [1.807, 2.05) is 25.2 Å². The molecule has 19 heavy (non-hydrogen) atoms. The van der Waals surface area contributed by atoms with Crippen LogP contribution in [0.3, 0.4) is 0 Å². The molecular formula is C15H13FN2O. The number of oxazole rings is 1. The summed E-state index contributed by atoms with van der Waals surface area (Å²) >= 11 is 0. The standard InChI is InChI=1S/C15H13FN2O/c1-17-12-6-7-14-13(9-12)18-15(19-14)8-10-2-4-11(16)5-3-10/h2-7,9,17H,8H2,1H3. The van der Waals surface area contributed by atoms with E-state index < -0.39 is 0 Å². The van der Waals surface area contributed by atoms with Crippen LogP contribution in [0.4, 0.5) is 10.1 Å². The Labute approximate surface area is 110 Å². The SMILES string of the molecule is CNc1ccc2oc(Cc3ccc(F)cc3)nc2c1. The predicted molar refractivity (Wildman–Crippen MR) is 72.8 cm³/mol. The molecule has 3 nitrogen and oxygen atoms in total. The molecule has 0 amide bonds. The maximum Gasteiger partial charge on any atom is 0.199 e. The van der Waals surface area contributed by atoms with Gasteiger partial charge in [-0.3, -0.25) is 0 Å². The lowest BCUT2D eigenvalue weighted by Gasteiger charge is -1.96. The van der Waals surface area contributed by atoms with Crippen molar-refractivity contribution >= 4 is 16.8 Å². The third kappa shape index (κ3) is 2.42. The second-order valence-corrected chi connectivity index (χ2v) is 4.34. The Hall–Kier alpha value is -2.36. The molecule has 0 saturated heterocycles. The number of rotatable bonds is 3. The van der Waals surface area contributed by atoms with Crippen molar-refractivity contribution in [2.75, 3.05) is 12.4 Å². The van der Waals surface area contributed by atoms with Crippen LogP contribution in [-0.2, 0) is 6.42 Å². The molecular weight excluding hydrogens is 243 g/mol. The highest BCUT2D eigenvalue weighted by molar-refractivity contribution is 5.77. The van der Waals surface area contributed by atoms with E-state index in [0.717, 1.165) is 22.4 Å². The lowest BCUT2D eigenvalue weighted by molar-refractivity contribution is 0.543. The first-order chi connectivity index (χ1) is 9.24. The molecule has 3 rings (SSSR count). The third-order valence-electron chi connectivity index (χ3n) is 2.99. The molecule has 3 aromatic rings. The van der Waals surface area contributed by atoms with Crippen molar-refractivity contribution in [1.29, 1.82) is 0 Å². The molecule has 96 valence electrons. The Balaban J connectivity index is 1.90. The zero-order valence-corrected chi connectivity index (χ0v) is 10.5. The zero-order valence-electron chi connectivity index (χ0n) is 10.5. The Bertz CT molecular complexity index is 704. The van der Waals surface area contributed by atoms with Crippen molar-refractivity contribution < 1.29 is 8.81 Å². The van der Waals surface area contributed by atoms with Crippen LogP contribution in [0, 0.1) is 5.82 Å². The quantitative estimate of drug-likeness (QED) is 0.778. The second-order valence-electron chi connectivity index (χ2n) is 4.34. The van der Waals surface area contributed by atoms with Crippen molar-refractivity contribution in [2.45, 2.75) is 6.42 Å². The fourth-order valence-electron chi connectivity index (χ4n) is 1.98. The molecule has 0 saturated carbocycles. The molecule has 0 atom stereocenters. The van der Waals surface area contributed by atoms with E-state index in [1.165, 1.54) is 12.1 Å². The Morgan fingerprint density at radius 3 is 2.68 bits per heavy atom. The number of anilines is 1. The van der Waals surface area contributed by atoms with Crippen molar-refractivity contribution in [3.63, 3.8) is 0 Å². The van der Waals surface area contributed by atoms with E-state index in [4.69, 9.17) is 4.42 Å². The van der Waals surface area contributed by atoms with Gasteiger partial charge in [0.1, 0.15) is 11.3 Å². The van der Waals surface area contributed by atoms with E-state index in [9.17, 15) is 4.39 Å². The van der Waals surface area contributed by atoms with Gasteiger partial charge >= 0.3 is 0 Å².